The number of aromatic carboxylic acids is 1. The first-order chi connectivity index (χ1) is 11.4. The fraction of sp³-hybridized carbons (Fsp3) is 0.267. The number of methoxy groups -OCH3 is 2. The van der Waals surface area contributed by atoms with Gasteiger partial charge in [0.2, 0.25) is 0 Å². The van der Waals surface area contributed by atoms with Gasteiger partial charge in [-0.1, -0.05) is 11.6 Å². The Bertz CT molecular complexity index is 729. The predicted molar refractivity (Wildman–Crippen MR) is 82.8 cm³/mol. The number of benzene rings is 1. The number of carbonyl (C=O) groups is 3. The summed E-state index contributed by atoms with van der Waals surface area (Å²) in [5.41, 5.74) is -0.00527. The summed E-state index contributed by atoms with van der Waals surface area (Å²) in [5.74, 6) is -2.72. The fourth-order valence-corrected chi connectivity index (χ4v) is 2.41. The number of anilines is 1. The van der Waals surface area contributed by atoms with Gasteiger partial charge in [0.1, 0.15) is 12.4 Å². The van der Waals surface area contributed by atoms with E-state index in [1.54, 1.807) is 0 Å². The molecule has 1 N–H and O–H groups in total. The van der Waals surface area contributed by atoms with Crippen LogP contribution in [-0.4, -0.2) is 50.6 Å². The lowest BCUT2D eigenvalue weighted by molar-refractivity contribution is -0.140. The van der Waals surface area contributed by atoms with Crippen LogP contribution in [0.25, 0.3) is 0 Å². The molecule has 128 valence electrons. The average Bonchev–Trinajstić information content (AvgIpc) is 2.59. The maximum absolute atomic E-state index is 12.2. The molecule has 0 saturated heterocycles. The molecule has 0 amide bonds. The van der Waals surface area contributed by atoms with Gasteiger partial charge in [0.05, 0.1) is 42.7 Å². The van der Waals surface area contributed by atoms with Crippen molar-refractivity contribution in [2.45, 2.75) is 0 Å². The lowest BCUT2D eigenvalue weighted by Crippen LogP contribution is -2.39. The summed E-state index contributed by atoms with van der Waals surface area (Å²) in [5, 5.41) is 9.30. The third kappa shape index (κ3) is 3.34. The zero-order chi connectivity index (χ0) is 17.9. The van der Waals surface area contributed by atoms with Gasteiger partial charge in [-0.15, -0.1) is 0 Å². The quantitative estimate of drug-likeness (QED) is 0.809. The summed E-state index contributed by atoms with van der Waals surface area (Å²) in [4.78, 5) is 36.5. The van der Waals surface area contributed by atoms with Crippen LogP contribution >= 0.6 is 11.6 Å². The van der Waals surface area contributed by atoms with Crippen LogP contribution in [0, 0.1) is 0 Å². The Hall–Kier alpha value is -2.58. The normalized spacial score (nSPS) is 14.4. The molecule has 1 heterocycles. The molecule has 0 unspecified atom stereocenters. The molecule has 0 spiro atoms. The van der Waals surface area contributed by atoms with E-state index in [-0.39, 0.29) is 40.9 Å². The van der Waals surface area contributed by atoms with Crippen molar-refractivity contribution in [3.8, 4) is 0 Å². The first kappa shape index (κ1) is 17.8. The zero-order valence-corrected chi connectivity index (χ0v) is 13.6. The molecule has 2 rings (SSSR count). The second-order valence-corrected chi connectivity index (χ2v) is 5.09. The molecular weight excluding hydrogens is 342 g/mol. The molecule has 0 saturated carbocycles. The Morgan fingerprint density at radius 1 is 1.21 bits per heavy atom. The number of esters is 2. The smallest absolute Gasteiger partial charge is 0.355 e. The largest absolute Gasteiger partial charge is 0.478 e. The van der Waals surface area contributed by atoms with Crippen molar-refractivity contribution in [2.75, 3.05) is 32.5 Å². The highest BCUT2D eigenvalue weighted by Gasteiger charge is 2.33. The van der Waals surface area contributed by atoms with E-state index in [1.165, 1.54) is 30.2 Å². The molecule has 1 aliphatic heterocycles. The zero-order valence-electron chi connectivity index (χ0n) is 12.9. The fourth-order valence-electron chi connectivity index (χ4n) is 2.19. The van der Waals surface area contributed by atoms with Crippen LogP contribution in [0.4, 0.5) is 5.69 Å². The third-order valence-electron chi connectivity index (χ3n) is 3.32. The van der Waals surface area contributed by atoms with Crippen LogP contribution < -0.4 is 4.90 Å². The molecule has 1 aliphatic rings. The summed E-state index contributed by atoms with van der Waals surface area (Å²) in [6, 6.07) is 3.97. The SMILES string of the molecule is COC(=O)C1=C(C(=O)OC)N(c2cc(C(=O)O)ccc2Cl)COC1. The molecular formula is C15H14ClNO7. The molecule has 9 heteroatoms. The van der Waals surface area contributed by atoms with Crippen molar-refractivity contribution in [1.29, 1.82) is 0 Å². The molecule has 0 bridgehead atoms. The lowest BCUT2D eigenvalue weighted by atomic mass is 10.1. The van der Waals surface area contributed by atoms with Gasteiger partial charge in [-0.2, -0.15) is 0 Å². The highest BCUT2D eigenvalue weighted by atomic mass is 35.5. The summed E-state index contributed by atoms with van der Waals surface area (Å²) < 4.78 is 14.7. The van der Waals surface area contributed by atoms with Gasteiger partial charge in [-0.3, -0.25) is 0 Å². The van der Waals surface area contributed by atoms with Gasteiger partial charge in [0.15, 0.2) is 0 Å². The minimum absolute atomic E-state index is 0.0381. The van der Waals surface area contributed by atoms with E-state index in [4.69, 9.17) is 26.2 Å². The molecule has 0 fully saturated rings. The molecule has 0 aromatic heterocycles. The van der Waals surface area contributed by atoms with Crippen molar-refractivity contribution in [2.24, 2.45) is 0 Å². The number of carboxylic acid groups (broad SMARTS) is 1. The number of ether oxygens (including phenoxy) is 3. The van der Waals surface area contributed by atoms with E-state index in [1.807, 2.05) is 0 Å². The number of rotatable bonds is 4. The van der Waals surface area contributed by atoms with Crippen molar-refractivity contribution in [1.82, 2.24) is 0 Å². The summed E-state index contributed by atoms with van der Waals surface area (Å²) in [6.45, 7) is -0.266. The van der Waals surface area contributed by atoms with Crippen LogP contribution in [0.1, 0.15) is 10.4 Å². The van der Waals surface area contributed by atoms with E-state index in [0.717, 1.165) is 7.11 Å². The van der Waals surface area contributed by atoms with Crippen molar-refractivity contribution in [3.63, 3.8) is 0 Å². The van der Waals surface area contributed by atoms with Gasteiger partial charge in [-0.25, -0.2) is 14.4 Å². The van der Waals surface area contributed by atoms with Gasteiger partial charge in [0.25, 0.3) is 0 Å². The summed E-state index contributed by atoms with van der Waals surface area (Å²) >= 11 is 6.13. The molecule has 1 aromatic carbocycles. The average molecular weight is 356 g/mol. The molecule has 24 heavy (non-hydrogen) atoms. The molecule has 0 atom stereocenters. The second kappa shape index (κ2) is 7.33. The van der Waals surface area contributed by atoms with E-state index in [0.29, 0.717) is 0 Å². The molecule has 0 radical (unpaired) electrons. The van der Waals surface area contributed by atoms with Gasteiger partial charge >= 0.3 is 17.9 Å². The number of carbonyl (C=O) groups excluding carboxylic acids is 2. The number of carboxylic acids is 1. The second-order valence-electron chi connectivity index (χ2n) is 4.69. The van der Waals surface area contributed by atoms with Crippen molar-refractivity contribution in [3.05, 3.63) is 40.1 Å². The van der Waals surface area contributed by atoms with E-state index < -0.39 is 17.9 Å². The predicted octanol–water partition coefficient (Wildman–Crippen LogP) is 1.43. The number of halogens is 1. The highest BCUT2D eigenvalue weighted by molar-refractivity contribution is 6.33. The first-order valence-electron chi connectivity index (χ1n) is 6.68. The molecule has 0 aliphatic carbocycles. The van der Waals surface area contributed by atoms with Crippen molar-refractivity contribution >= 4 is 35.2 Å². The van der Waals surface area contributed by atoms with Crippen molar-refractivity contribution < 1.29 is 33.7 Å². The third-order valence-corrected chi connectivity index (χ3v) is 3.64. The van der Waals surface area contributed by atoms with Crippen LogP contribution in [0.2, 0.25) is 5.02 Å². The van der Waals surface area contributed by atoms with Gasteiger partial charge < -0.3 is 24.2 Å². The highest BCUT2D eigenvalue weighted by Crippen LogP contribution is 2.33. The number of hydrogen-bond donors (Lipinski definition) is 1. The van der Waals surface area contributed by atoms with Crippen LogP contribution in [0.5, 0.6) is 0 Å². The maximum Gasteiger partial charge on any atom is 0.355 e. The van der Waals surface area contributed by atoms with E-state index in [9.17, 15) is 14.4 Å². The lowest BCUT2D eigenvalue weighted by Gasteiger charge is -2.31. The maximum atomic E-state index is 12.2. The minimum atomic E-state index is -1.16. The molecule has 8 nitrogen and oxygen atoms in total. The number of hydrogen-bond acceptors (Lipinski definition) is 7. The Balaban J connectivity index is 2.63. The van der Waals surface area contributed by atoms with E-state index in [2.05, 4.69) is 4.74 Å². The van der Waals surface area contributed by atoms with Crippen LogP contribution in [0.15, 0.2) is 29.5 Å². The standard InChI is InChI=1S/C15H14ClNO7/c1-22-14(20)9-6-24-7-17(12(9)15(21)23-2)11-5-8(13(18)19)3-4-10(11)16/h3-5H,6-7H2,1-2H3,(H,18,19). The van der Waals surface area contributed by atoms with Crippen LogP contribution in [0.3, 0.4) is 0 Å². The Labute approximate surface area is 142 Å². The Kier molecular flexibility index (Phi) is 5.42. The summed E-state index contributed by atoms with van der Waals surface area (Å²) in [6.07, 6.45) is 0. The minimum Gasteiger partial charge on any atom is -0.478 e. The van der Waals surface area contributed by atoms with Gasteiger partial charge in [0, 0.05) is 0 Å². The summed E-state index contributed by atoms with van der Waals surface area (Å²) in [7, 11) is 2.33. The first-order valence-corrected chi connectivity index (χ1v) is 7.06. The molecule has 1 aromatic rings. The monoisotopic (exact) mass is 355 g/mol. The Morgan fingerprint density at radius 3 is 2.46 bits per heavy atom. The van der Waals surface area contributed by atoms with E-state index >= 15 is 0 Å². The number of nitrogens with zero attached hydrogens (tertiary/aromatic N) is 1. The Morgan fingerprint density at radius 2 is 1.88 bits per heavy atom. The topological polar surface area (TPSA) is 102 Å². The van der Waals surface area contributed by atoms with Crippen LogP contribution in [-0.2, 0) is 23.8 Å². The van der Waals surface area contributed by atoms with Gasteiger partial charge in [-0.05, 0) is 18.2 Å².